The number of pyridine rings is 1. The van der Waals surface area contributed by atoms with Crippen LogP contribution in [0.1, 0.15) is 16.7 Å². The highest BCUT2D eigenvalue weighted by molar-refractivity contribution is 7.99. The highest BCUT2D eigenvalue weighted by atomic mass is 32.2. The average molecular weight is 295 g/mol. The maximum Gasteiger partial charge on any atom is 0.129 e. The van der Waals surface area contributed by atoms with Gasteiger partial charge in [0.25, 0.3) is 0 Å². The van der Waals surface area contributed by atoms with Crippen molar-refractivity contribution in [3.8, 4) is 0 Å². The van der Waals surface area contributed by atoms with Crippen LogP contribution in [0.5, 0.6) is 0 Å². The van der Waals surface area contributed by atoms with Gasteiger partial charge in [0.15, 0.2) is 0 Å². The van der Waals surface area contributed by atoms with Gasteiger partial charge in [-0.25, -0.2) is 4.98 Å². The van der Waals surface area contributed by atoms with Gasteiger partial charge in [-0.2, -0.15) is 11.8 Å². The molecule has 0 N–H and O–H groups in total. The van der Waals surface area contributed by atoms with E-state index in [1.54, 1.807) is 0 Å². The third kappa shape index (κ3) is 2.44. The van der Waals surface area contributed by atoms with Gasteiger partial charge < -0.3 is 4.90 Å². The van der Waals surface area contributed by atoms with Gasteiger partial charge in [0.1, 0.15) is 5.82 Å². The van der Waals surface area contributed by atoms with E-state index in [4.69, 9.17) is 4.99 Å². The zero-order valence-electron chi connectivity index (χ0n) is 11.8. The molecule has 106 valence electrons. The van der Waals surface area contributed by atoms with Crippen molar-refractivity contribution in [3.63, 3.8) is 0 Å². The first-order valence-corrected chi connectivity index (χ1v) is 8.49. The lowest BCUT2D eigenvalue weighted by molar-refractivity contribution is 0.839. The summed E-state index contributed by atoms with van der Waals surface area (Å²) in [6.07, 6.45) is 1.91. The Morgan fingerprint density at radius 3 is 2.81 bits per heavy atom. The summed E-state index contributed by atoms with van der Waals surface area (Å²) in [4.78, 5) is 11.7. The summed E-state index contributed by atoms with van der Waals surface area (Å²) < 4.78 is 0. The van der Waals surface area contributed by atoms with Crippen molar-refractivity contribution in [2.75, 3.05) is 29.5 Å². The normalized spacial score (nSPS) is 17.5. The molecule has 0 unspecified atom stereocenters. The first kappa shape index (κ1) is 12.9. The number of hydrogen-bond donors (Lipinski definition) is 0. The van der Waals surface area contributed by atoms with E-state index < -0.39 is 0 Å². The van der Waals surface area contributed by atoms with Crippen LogP contribution in [-0.2, 0) is 6.54 Å². The van der Waals surface area contributed by atoms with Crippen molar-refractivity contribution in [2.45, 2.75) is 6.54 Å². The molecule has 3 heterocycles. The Morgan fingerprint density at radius 2 is 1.90 bits per heavy atom. The van der Waals surface area contributed by atoms with Crippen LogP contribution in [0.3, 0.4) is 0 Å². The quantitative estimate of drug-likeness (QED) is 0.853. The number of hydrogen-bond acceptors (Lipinski definition) is 4. The smallest absolute Gasteiger partial charge is 0.129 e. The molecule has 0 atom stereocenters. The molecule has 4 heteroatoms. The highest BCUT2D eigenvalue weighted by Gasteiger charge is 2.18. The first-order valence-electron chi connectivity index (χ1n) is 7.34. The van der Waals surface area contributed by atoms with Gasteiger partial charge >= 0.3 is 0 Å². The average Bonchev–Trinajstić information content (AvgIpc) is 3.00. The van der Waals surface area contributed by atoms with Crippen LogP contribution in [-0.4, -0.2) is 35.3 Å². The summed E-state index contributed by atoms with van der Waals surface area (Å²) in [5.41, 5.74) is 4.88. The van der Waals surface area contributed by atoms with E-state index in [1.807, 2.05) is 18.0 Å². The maximum atomic E-state index is 4.73. The molecule has 1 aromatic carbocycles. The third-order valence-electron chi connectivity index (χ3n) is 4.03. The predicted molar refractivity (Wildman–Crippen MR) is 89.6 cm³/mol. The van der Waals surface area contributed by atoms with Crippen molar-refractivity contribution in [1.82, 2.24) is 4.98 Å². The molecule has 0 aliphatic carbocycles. The van der Waals surface area contributed by atoms with Crippen LogP contribution in [0.15, 0.2) is 47.6 Å². The minimum absolute atomic E-state index is 0.795. The minimum atomic E-state index is 0.795. The molecular formula is C17H17N3S. The Morgan fingerprint density at radius 1 is 1.05 bits per heavy atom. The minimum Gasteiger partial charge on any atom is -0.355 e. The highest BCUT2D eigenvalue weighted by Crippen LogP contribution is 2.25. The number of anilines is 1. The van der Waals surface area contributed by atoms with E-state index in [-0.39, 0.29) is 0 Å². The fraction of sp³-hybridized carbons (Fsp3) is 0.294. The number of aliphatic imine (C=N–C) groups is 1. The van der Waals surface area contributed by atoms with Gasteiger partial charge in [-0.3, -0.25) is 4.99 Å². The van der Waals surface area contributed by atoms with E-state index in [2.05, 4.69) is 46.3 Å². The maximum absolute atomic E-state index is 4.73. The Labute approximate surface area is 129 Å². The number of fused-ring (bicyclic) bond motifs is 1. The molecule has 2 aliphatic rings. The van der Waals surface area contributed by atoms with E-state index in [0.29, 0.717) is 0 Å². The second kappa shape index (κ2) is 5.53. The Kier molecular flexibility index (Phi) is 3.39. The molecule has 3 nitrogen and oxygen atoms in total. The number of benzene rings is 1. The molecule has 0 spiro atoms. The van der Waals surface area contributed by atoms with Gasteiger partial charge in [-0.05, 0) is 17.7 Å². The summed E-state index contributed by atoms with van der Waals surface area (Å²) in [5.74, 6) is 3.46. The van der Waals surface area contributed by atoms with Gasteiger partial charge in [-0.15, -0.1) is 0 Å². The van der Waals surface area contributed by atoms with Gasteiger partial charge in [-0.1, -0.05) is 24.3 Å². The van der Waals surface area contributed by atoms with Gasteiger partial charge in [0.05, 0.1) is 12.3 Å². The molecule has 0 saturated carbocycles. The lowest BCUT2D eigenvalue weighted by Gasteiger charge is -2.27. The second-order valence-electron chi connectivity index (χ2n) is 5.32. The van der Waals surface area contributed by atoms with Crippen molar-refractivity contribution in [1.29, 1.82) is 0 Å². The predicted octanol–water partition coefficient (Wildman–Crippen LogP) is 2.99. The Bertz CT molecular complexity index is 690. The third-order valence-corrected chi connectivity index (χ3v) is 4.98. The largest absolute Gasteiger partial charge is 0.355 e. The first-order chi connectivity index (χ1) is 10.4. The van der Waals surface area contributed by atoms with Crippen molar-refractivity contribution < 1.29 is 0 Å². The SMILES string of the molecule is c1ccc2c(c1)CN=C2c1ccnc(N2CCSCC2)c1. The van der Waals surface area contributed by atoms with Crippen LogP contribution in [0, 0.1) is 0 Å². The van der Waals surface area contributed by atoms with Crippen LogP contribution in [0.4, 0.5) is 5.82 Å². The second-order valence-corrected chi connectivity index (χ2v) is 6.55. The molecule has 1 saturated heterocycles. The molecule has 0 radical (unpaired) electrons. The summed E-state index contributed by atoms with van der Waals surface area (Å²) in [6.45, 7) is 2.97. The monoisotopic (exact) mass is 295 g/mol. The van der Waals surface area contributed by atoms with Crippen LogP contribution >= 0.6 is 11.8 Å². The van der Waals surface area contributed by atoms with Crippen LogP contribution < -0.4 is 4.90 Å². The number of rotatable bonds is 2. The molecule has 0 amide bonds. The number of nitrogens with zero attached hydrogens (tertiary/aromatic N) is 3. The lowest BCUT2D eigenvalue weighted by atomic mass is 10.0. The molecular weight excluding hydrogens is 278 g/mol. The Hall–Kier alpha value is -1.81. The summed E-state index contributed by atoms with van der Waals surface area (Å²) >= 11 is 2.02. The Balaban J connectivity index is 1.67. The number of aromatic nitrogens is 1. The molecule has 21 heavy (non-hydrogen) atoms. The standard InChI is InChI=1S/C17H17N3S/c1-2-4-15-14(3-1)12-19-17(15)13-5-6-18-16(11-13)20-7-9-21-10-8-20/h1-6,11H,7-10,12H2. The fourth-order valence-electron chi connectivity index (χ4n) is 2.92. The van der Waals surface area contributed by atoms with Crippen molar-refractivity contribution >= 4 is 23.3 Å². The lowest BCUT2D eigenvalue weighted by Crippen LogP contribution is -2.33. The molecule has 1 fully saturated rings. The van der Waals surface area contributed by atoms with E-state index in [1.165, 1.54) is 28.2 Å². The van der Waals surface area contributed by atoms with Crippen molar-refractivity contribution in [3.05, 3.63) is 59.3 Å². The van der Waals surface area contributed by atoms with E-state index in [9.17, 15) is 0 Å². The molecule has 2 aliphatic heterocycles. The zero-order valence-corrected chi connectivity index (χ0v) is 12.6. The summed E-state index contributed by atoms with van der Waals surface area (Å²) in [5, 5.41) is 0. The van der Waals surface area contributed by atoms with Crippen LogP contribution in [0.2, 0.25) is 0 Å². The topological polar surface area (TPSA) is 28.5 Å². The number of thioether (sulfide) groups is 1. The van der Waals surface area contributed by atoms with E-state index >= 15 is 0 Å². The summed E-state index contributed by atoms with van der Waals surface area (Å²) in [6, 6.07) is 12.8. The fourth-order valence-corrected chi connectivity index (χ4v) is 3.82. The zero-order chi connectivity index (χ0) is 14.1. The molecule has 0 bridgehead atoms. The van der Waals surface area contributed by atoms with Gasteiger partial charge in [0.2, 0.25) is 0 Å². The van der Waals surface area contributed by atoms with Crippen molar-refractivity contribution in [2.24, 2.45) is 4.99 Å². The molecule has 4 rings (SSSR count). The molecule has 1 aromatic heterocycles. The van der Waals surface area contributed by atoms with Gasteiger partial charge in [0, 0.05) is 41.9 Å². The van der Waals surface area contributed by atoms with E-state index in [0.717, 1.165) is 31.2 Å². The molecule has 2 aromatic rings. The summed E-state index contributed by atoms with van der Waals surface area (Å²) in [7, 11) is 0. The van der Waals surface area contributed by atoms with Crippen LogP contribution in [0.25, 0.3) is 0 Å².